The summed E-state index contributed by atoms with van der Waals surface area (Å²) in [5, 5.41) is 3.48. The van der Waals surface area contributed by atoms with Crippen molar-refractivity contribution in [3.63, 3.8) is 0 Å². The second-order valence-corrected chi connectivity index (χ2v) is 4.75. The van der Waals surface area contributed by atoms with Gasteiger partial charge in [0.1, 0.15) is 0 Å². The Morgan fingerprint density at radius 1 is 0.905 bits per heavy atom. The van der Waals surface area contributed by atoms with Crippen molar-refractivity contribution in [2.24, 2.45) is 0 Å². The molecule has 1 heteroatoms. The van der Waals surface area contributed by atoms with E-state index in [4.69, 9.17) is 0 Å². The van der Waals surface area contributed by atoms with Gasteiger partial charge >= 0.3 is 0 Å². The Morgan fingerprint density at radius 3 is 2.10 bits per heavy atom. The van der Waals surface area contributed by atoms with Gasteiger partial charge in [0.15, 0.2) is 0 Å². The second-order valence-electron chi connectivity index (χ2n) is 4.75. The number of benzene rings is 2. The number of allylic oxidation sites excluding steroid dienone is 1. The van der Waals surface area contributed by atoms with Gasteiger partial charge in [-0.2, -0.15) is 0 Å². The van der Waals surface area contributed by atoms with Crippen LogP contribution in [0.3, 0.4) is 0 Å². The van der Waals surface area contributed by atoms with Gasteiger partial charge < -0.3 is 4.57 Å². The normalized spacial score (nSPS) is 11.0. The molecule has 0 saturated heterocycles. The predicted octanol–water partition coefficient (Wildman–Crippen LogP) is 4.03. The number of nitrogens with zero attached hydrogens (tertiary/aromatic N) is 1. The molecule has 0 aliphatic heterocycles. The Hall–Kier alpha value is -2.54. The summed E-state index contributed by atoms with van der Waals surface area (Å²) in [7, 11) is 0. The van der Waals surface area contributed by atoms with Crippen LogP contribution < -0.4 is 10.6 Å². The van der Waals surface area contributed by atoms with Gasteiger partial charge in [0.2, 0.25) is 0 Å². The van der Waals surface area contributed by atoms with Crippen molar-refractivity contribution in [2.45, 2.75) is 13.8 Å². The number of hydrogen-bond donors (Lipinski definition) is 0. The first-order valence-electron chi connectivity index (χ1n) is 7.11. The molecule has 0 unspecified atom stereocenters. The van der Waals surface area contributed by atoms with Gasteiger partial charge in [-0.25, -0.2) is 0 Å². The molecular formula is C20H21N. The maximum absolute atomic E-state index is 4.21. The Kier molecular flexibility index (Phi) is 4.78. The molecule has 106 valence electrons. The van der Waals surface area contributed by atoms with E-state index >= 15 is 0 Å². The molecule has 0 amide bonds. The molecule has 0 bridgehead atoms. The lowest BCUT2D eigenvalue weighted by molar-refractivity contribution is 1.07. The molecule has 2 aromatic carbocycles. The lowest BCUT2D eigenvalue weighted by Gasteiger charge is -2.05. The lowest BCUT2D eigenvalue weighted by Crippen LogP contribution is -2.26. The van der Waals surface area contributed by atoms with Gasteiger partial charge in [0, 0.05) is 21.6 Å². The highest BCUT2D eigenvalue weighted by Gasteiger charge is 2.06. The fraction of sp³-hybridized carbons (Fsp3) is 0.100. The first-order chi connectivity index (χ1) is 10.2. The van der Waals surface area contributed by atoms with Crippen LogP contribution in [0.25, 0.3) is 29.2 Å². The summed E-state index contributed by atoms with van der Waals surface area (Å²) in [4.78, 5) is 0. The Labute approximate surface area is 126 Å². The molecule has 0 spiro atoms. The average molecular weight is 275 g/mol. The summed E-state index contributed by atoms with van der Waals surface area (Å²) < 4.78 is 2.26. The van der Waals surface area contributed by atoms with Crippen molar-refractivity contribution >= 4 is 23.6 Å². The summed E-state index contributed by atoms with van der Waals surface area (Å²) in [5.41, 5.74) is 2.39. The van der Waals surface area contributed by atoms with E-state index in [0.29, 0.717) is 0 Å². The van der Waals surface area contributed by atoms with Gasteiger partial charge in [0.05, 0.1) is 5.52 Å². The minimum atomic E-state index is 1.09. The van der Waals surface area contributed by atoms with Crippen molar-refractivity contribution in [2.75, 3.05) is 0 Å². The van der Waals surface area contributed by atoms with Gasteiger partial charge in [-0.15, -0.1) is 6.58 Å². The second kappa shape index (κ2) is 6.76. The van der Waals surface area contributed by atoms with Crippen LogP contribution in [0.5, 0.6) is 0 Å². The summed E-state index contributed by atoms with van der Waals surface area (Å²) in [6.45, 7) is 11.5. The van der Waals surface area contributed by atoms with E-state index in [1.165, 1.54) is 21.9 Å². The number of aromatic nitrogens is 1. The monoisotopic (exact) mass is 275 g/mol. The highest BCUT2D eigenvalue weighted by atomic mass is 15.0. The van der Waals surface area contributed by atoms with Crippen molar-refractivity contribution in [1.29, 1.82) is 0 Å². The van der Waals surface area contributed by atoms with Crippen LogP contribution in [-0.4, -0.2) is 4.57 Å². The van der Waals surface area contributed by atoms with Crippen LogP contribution in [-0.2, 0) is 0 Å². The third-order valence-corrected chi connectivity index (χ3v) is 3.31. The quantitative estimate of drug-likeness (QED) is 0.591. The SMILES string of the molecule is C=CC.C=c1/c(=C\C)n(-c2ccccc2)c2ccccc12. The summed E-state index contributed by atoms with van der Waals surface area (Å²) >= 11 is 0. The first kappa shape index (κ1) is 14.9. The number of hydrogen-bond acceptors (Lipinski definition) is 0. The molecule has 3 aromatic rings. The van der Waals surface area contributed by atoms with E-state index in [0.717, 1.165) is 5.22 Å². The van der Waals surface area contributed by atoms with E-state index in [9.17, 15) is 0 Å². The third-order valence-electron chi connectivity index (χ3n) is 3.31. The molecule has 0 N–H and O–H groups in total. The smallest absolute Gasteiger partial charge is 0.0540 e. The van der Waals surface area contributed by atoms with Crippen LogP contribution >= 0.6 is 0 Å². The molecule has 0 aliphatic carbocycles. The van der Waals surface area contributed by atoms with Crippen LogP contribution in [0.4, 0.5) is 0 Å². The number of para-hydroxylation sites is 2. The topological polar surface area (TPSA) is 4.93 Å². The lowest BCUT2D eigenvalue weighted by atomic mass is 10.2. The maximum atomic E-state index is 4.21. The molecule has 0 aliphatic rings. The van der Waals surface area contributed by atoms with Crippen molar-refractivity contribution in [3.8, 4) is 5.69 Å². The molecule has 21 heavy (non-hydrogen) atoms. The number of rotatable bonds is 1. The molecule has 0 atom stereocenters. The van der Waals surface area contributed by atoms with Crippen LogP contribution in [0.1, 0.15) is 13.8 Å². The minimum absolute atomic E-state index is 1.09. The molecule has 3 rings (SSSR count). The third kappa shape index (κ3) is 2.82. The molecule has 1 heterocycles. The van der Waals surface area contributed by atoms with E-state index < -0.39 is 0 Å². The van der Waals surface area contributed by atoms with Crippen molar-refractivity contribution in [1.82, 2.24) is 4.57 Å². The van der Waals surface area contributed by atoms with Crippen LogP contribution in [0.15, 0.2) is 67.3 Å². The Bertz CT molecular complexity index is 839. The molecule has 0 saturated carbocycles. The first-order valence-corrected chi connectivity index (χ1v) is 7.11. The Morgan fingerprint density at radius 2 is 1.48 bits per heavy atom. The maximum Gasteiger partial charge on any atom is 0.0540 e. The fourth-order valence-electron chi connectivity index (χ4n) is 2.49. The van der Waals surface area contributed by atoms with Gasteiger partial charge in [-0.1, -0.05) is 55.1 Å². The van der Waals surface area contributed by atoms with E-state index in [1.54, 1.807) is 6.08 Å². The van der Waals surface area contributed by atoms with Gasteiger partial charge in [0.25, 0.3) is 0 Å². The largest absolute Gasteiger partial charge is 0.310 e. The van der Waals surface area contributed by atoms with E-state index in [-0.39, 0.29) is 0 Å². The summed E-state index contributed by atoms with van der Waals surface area (Å²) in [6.07, 6.45) is 3.87. The molecule has 1 nitrogen and oxygen atoms in total. The van der Waals surface area contributed by atoms with Gasteiger partial charge in [-0.3, -0.25) is 0 Å². The van der Waals surface area contributed by atoms with Crippen LogP contribution in [0, 0.1) is 0 Å². The van der Waals surface area contributed by atoms with Gasteiger partial charge in [-0.05, 0) is 32.0 Å². The summed E-state index contributed by atoms with van der Waals surface area (Å²) in [6, 6.07) is 18.8. The average Bonchev–Trinajstić information content (AvgIpc) is 2.82. The Balaban J connectivity index is 0.000000497. The van der Waals surface area contributed by atoms with Crippen molar-refractivity contribution < 1.29 is 0 Å². The number of fused-ring (bicyclic) bond motifs is 1. The fourth-order valence-corrected chi connectivity index (χ4v) is 2.49. The standard InChI is InChI=1S/C17H15N.C3H6/c1-3-16-13(2)15-11-7-8-12-17(15)18(16)14-9-5-4-6-10-14;1-3-2/h3-12H,2H2,1H3;3H,1H2,2H3/b16-3+;. The molecule has 1 aromatic heterocycles. The zero-order valence-corrected chi connectivity index (χ0v) is 12.7. The molecule has 0 fully saturated rings. The zero-order valence-electron chi connectivity index (χ0n) is 12.7. The highest BCUT2D eigenvalue weighted by Crippen LogP contribution is 2.13. The highest BCUT2D eigenvalue weighted by molar-refractivity contribution is 5.83. The van der Waals surface area contributed by atoms with E-state index in [2.05, 4.69) is 79.3 Å². The minimum Gasteiger partial charge on any atom is -0.310 e. The van der Waals surface area contributed by atoms with Crippen molar-refractivity contribution in [3.05, 3.63) is 77.8 Å². The zero-order chi connectivity index (χ0) is 15.2. The van der Waals surface area contributed by atoms with E-state index in [1.807, 2.05) is 13.0 Å². The summed E-state index contributed by atoms with van der Waals surface area (Å²) in [5.74, 6) is 0. The predicted molar refractivity (Wildman–Crippen MR) is 94.1 cm³/mol. The molecule has 0 radical (unpaired) electrons. The van der Waals surface area contributed by atoms with Crippen LogP contribution in [0.2, 0.25) is 0 Å². The molecular weight excluding hydrogens is 254 g/mol.